The number of carbonyl (C=O) groups is 1. The summed E-state index contributed by atoms with van der Waals surface area (Å²) in [5.74, 6) is -0.666. The van der Waals surface area contributed by atoms with E-state index in [1.54, 1.807) is 0 Å². The highest BCUT2D eigenvalue weighted by molar-refractivity contribution is 5.66. The van der Waals surface area contributed by atoms with Crippen LogP contribution in [0, 0.1) is 0 Å². The standard InChI is InChI=1S/C9H19NO2.C9H18O2/c1-8(2)5-7(11)6-9(3,4)10(8)12;1-2-3-4-5-6-7-8-9(10)11/h7,11-12H,5-6H2,1-4H3;2-8H2,1H3,(H,10,11). The summed E-state index contributed by atoms with van der Waals surface area (Å²) in [6.45, 7) is 9.94. The number of piperidine rings is 1. The van der Waals surface area contributed by atoms with Gasteiger partial charge < -0.3 is 15.4 Å². The van der Waals surface area contributed by atoms with Crippen LogP contribution in [0.15, 0.2) is 0 Å². The third-order valence-electron chi connectivity index (χ3n) is 4.36. The Morgan fingerprint density at radius 1 is 1.00 bits per heavy atom. The Morgan fingerprint density at radius 2 is 1.43 bits per heavy atom. The predicted molar refractivity (Wildman–Crippen MR) is 92.7 cm³/mol. The molecule has 1 saturated heterocycles. The number of rotatable bonds is 7. The first kappa shape index (κ1) is 22.4. The van der Waals surface area contributed by atoms with E-state index < -0.39 is 5.97 Å². The molecule has 138 valence electrons. The van der Waals surface area contributed by atoms with Crippen molar-refractivity contribution < 1.29 is 20.2 Å². The van der Waals surface area contributed by atoms with E-state index in [4.69, 9.17) is 5.11 Å². The molecule has 0 aromatic heterocycles. The van der Waals surface area contributed by atoms with Gasteiger partial charge in [0.1, 0.15) is 0 Å². The number of hydrogen-bond acceptors (Lipinski definition) is 4. The molecule has 1 heterocycles. The molecule has 5 nitrogen and oxygen atoms in total. The van der Waals surface area contributed by atoms with E-state index >= 15 is 0 Å². The Bertz CT molecular complexity index is 324. The maximum absolute atomic E-state index is 10.1. The first-order valence-corrected chi connectivity index (χ1v) is 8.92. The molecule has 23 heavy (non-hydrogen) atoms. The number of aliphatic carboxylic acids is 1. The van der Waals surface area contributed by atoms with Crippen LogP contribution in [0.25, 0.3) is 0 Å². The van der Waals surface area contributed by atoms with Gasteiger partial charge in [0, 0.05) is 17.5 Å². The summed E-state index contributed by atoms with van der Waals surface area (Å²) >= 11 is 0. The van der Waals surface area contributed by atoms with Crippen LogP contribution in [0.5, 0.6) is 0 Å². The molecule has 1 aliphatic heterocycles. The zero-order chi connectivity index (χ0) is 18.1. The summed E-state index contributed by atoms with van der Waals surface area (Å²) in [5, 5.41) is 29.0. The third kappa shape index (κ3) is 9.28. The minimum absolute atomic E-state index is 0.293. The fourth-order valence-electron chi connectivity index (χ4n) is 3.27. The van der Waals surface area contributed by atoms with Gasteiger partial charge in [-0.25, -0.2) is 0 Å². The Labute approximate surface area is 141 Å². The number of aliphatic hydroxyl groups is 1. The van der Waals surface area contributed by atoms with Crippen molar-refractivity contribution in [2.75, 3.05) is 0 Å². The minimum Gasteiger partial charge on any atom is -0.481 e. The van der Waals surface area contributed by atoms with E-state index in [2.05, 4.69) is 6.92 Å². The molecule has 0 unspecified atom stereocenters. The average molecular weight is 331 g/mol. The molecule has 0 amide bonds. The Hall–Kier alpha value is -0.650. The number of hydroxylamine groups is 2. The van der Waals surface area contributed by atoms with Crippen molar-refractivity contribution in [1.29, 1.82) is 0 Å². The molecular formula is C18H37NO4. The second-order valence-corrected chi connectivity index (χ2v) is 7.91. The number of aliphatic hydroxyl groups excluding tert-OH is 1. The van der Waals surface area contributed by atoms with Gasteiger partial charge in [0.25, 0.3) is 0 Å². The van der Waals surface area contributed by atoms with E-state index in [9.17, 15) is 15.1 Å². The molecule has 1 aliphatic rings. The largest absolute Gasteiger partial charge is 0.481 e. The van der Waals surface area contributed by atoms with Gasteiger partial charge in [-0.05, 0) is 47.0 Å². The lowest BCUT2D eigenvalue weighted by molar-refractivity contribution is -0.257. The topological polar surface area (TPSA) is 81.0 Å². The lowest BCUT2D eigenvalue weighted by Crippen LogP contribution is -2.60. The van der Waals surface area contributed by atoms with Crippen LogP contribution < -0.4 is 0 Å². The van der Waals surface area contributed by atoms with E-state index in [1.165, 1.54) is 30.7 Å². The van der Waals surface area contributed by atoms with Gasteiger partial charge in [-0.15, -0.1) is 0 Å². The highest BCUT2D eigenvalue weighted by Gasteiger charge is 2.44. The van der Waals surface area contributed by atoms with Gasteiger partial charge in [-0.3, -0.25) is 4.79 Å². The maximum Gasteiger partial charge on any atom is 0.303 e. The van der Waals surface area contributed by atoms with Crippen molar-refractivity contribution >= 4 is 5.97 Å². The van der Waals surface area contributed by atoms with E-state index in [0.29, 0.717) is 19.3 Å². The number of unbranched alkanes of at least 4 members (excludes halogenated alkanes) is 5. The summed E-state index contributed by atoms with van der Waals surface area (Å²) in [5.41, 5.74) is -0.637. The minimum atomic E-state index is -0.666. The summed E-state index contributed by atoms with van der Waals surface area (Å²) < 4.78 is 0. The number of carboxylic acid groups (broad SMARTS) is 1. The molecule has 0 saturated carbocycles. The zero-order valence-electron chi connectivity index (χ0n) is 15.6. The molecule has 0 atom stereocenters. The summed E-state index contributed by atoms with van der Waals surface area (Å²) in [4.78, 5) is 10.1. The van der Waals surface area contributed by atoms with Crippen molar-refractivity contribution in [3.63, 3.8) is 0 Å². The molecule has 0 aliphatic carbocycles. The molecule has 3 N–H and O–H groups in total. The van der Waals surface area contributed by atoms with Gasteiger partial charge in [-0.1, -0.05) is 39.0 Å². The van der Waals surface area contributed by atoms with Crippen molar-refractivity contribution in [2.24, 2.45) is 0 Å². The molecule has 0 spiro atoms. The van der Waals surface area contributed by atoms with Crippen LogP contribution in [0.4, 0.5) is 0 Å². The van der Waals surface area contributed by atoms with Crippen LogP contribution in [-0.2, 0) is 4.79 Å². The molecule has 1 fully saturated rings. The van der Waals surface area contributed by atoms with Crippen molar-refractivity contribution in [3.8, 4) is 0 Å². The van der Waals surface area contributed by atoms with E-state index in [1.807, 2.05) is 27.7 Å². The van der Waals surface area contributed by atoms with Crippen LogP contribution in [-0.4, -0.2) is 43.6 Å². The number of nitrogens with zero attached hydrogens (tertiary/aromatic N) is 1. The maximum atomic E-state index is 10.1. The molecule has 0 aromatic carbocycles. The summed E-state index contributed by atoms with van der Waals surface area (Å²) in [7, 11) is 0. The second kappa shape index (κ2) is 10.3. The average Bonchev–Trinajstić information content (AvgIpc) is 2.39. The first-order chi connectivity index (χ1) is 10.5. The van der Waals surface area contributed by atoms with Crippen LogP contribution in [0.2, 0.25) is 0 Å². The molecule has 0 aromatic rings. The van der Waals surface area contributed by atoms with Gasteiger partial charge in [0.05, 0.1) is 6.10 Å². The van der Waals surface area contributed by atoms with E-state index in [-0.39, 0.29) is 17.2 Å². The van der Waals surface area contributed by atoms with Crippen molar-refractivity contribution in [2.45, 2.75) is 110 Å². The monoisotopic (exact) mass is 331 g/mol. The predicted octanol–water partition coefficient (Wildman–Crippen LogP) is 4.21. The third-order valence-corrected chi connectivity index (χ3v) is 4.36. The number of carboxylic acids is 1. The highest BCUT2D eigenvalue weighted by atomic mass is 16.5. The SMILES string of the molecule is CC1(C)CC(O)CC(C)(C)N1O.CCCCCCCCC(=O)O. The van der Waals surface area contributed by atoms with Gasteiger partial charge >= 0.3 is 5.97 Å². The molecule has 5 heteroatoms. The first-order valence-electron chi connectivity index (χ1n) is 8.92. The lowest BCUT2D eigenvalue weighted by Gasteiger charge is -2.50. The van der Waals surface area contributed by atoms with Crippen molar-refractivity contribution in [1.82, 2.24) is 5.06 Å². The normalized spacial score (nSPS) is 20.7. The molecular weight excluding hydrogens is 294 g/mol. The number of hydrogen-bond donors (Lipinski definition) is 3. The molecule has 1 rings (SSSR count). The van der Waals surface area contributed by atoms with E-state index in [0.717, 1.165) is 12.8 Å². The molecule has 0 bridgehead atoms. The van der Waals surface area contributed by atoms with Crippen LogP contribution in [0.3, 0.4) is 0 Å². The second-order valence-electron chi connectivity index (χ2n) is 7.91. The quantitative estimate of drug-likeness (QED) is 0.609. The van der Waals surface area contributed by atoms with Crippen LogP contribution in [0.1, 0.15) is 92.4 Å². The Kier molecular flexibility index (Phi) is 9.97. The van der Waals surface area contributed by atoms with Gasteiger partial charge in [0.15, 0.2) is 0 Å². The summed E-state index contributed by atoms with van der Waals surface area (Å²) in [6.07, 6.45) is 8.22. The van der Waals surface area contributed by atoms with Crippen LogP contribution >= 0.6 is 0 Å². The highest BCUT2D eigenvalue weighted by Crippen LogP contribution is 2.36. The van der Waals surface area contributed by atoms with Gasteiger partial charge in [0.2, 0.25) is 0 Å². The molecule has 0 radical (unpaired) electrons. The fourth-order valence-corrected chi connectivity index (χ4v) is 3.27. The Morgan fingerprint density at radius 3 is 1.87 bits per heavy atom. The summed E-state index contributed by atoms with van der Waals surface area (Å²) in [6, 6.07) is 0. The van der Waals surface area contributed by atoms with Gasteiger partial charge in [-0.2, -0.15) is 5.06 Å². The fraction of sp³-hybridized carbons (Fsp3) is 0.944. The van der Waals surface area contributed by atoms with Crippen molar-refractivity contribution in [3.05, 3.63) is 0 Å². The lowest BCUT2D eigenvalue weighted by atomic mass is 9.80. The Balaban J connectivity index is 0.000000423. The zero-order valence-corrected chi connectivity index (χ0v) is 15.6. The smallest absolute Gasteiger partial charge is 0.303 e.